The molecule has 1 aliphatic heterocycles. The summed E-state index contributed by atoms with van der Waals surface area (Å²) in [6.45, 7) is -1.02. The van der Waals surface area contributed by atoms with E-state index in [9.17, 15) is 22.8 Å². The van der Waals surface area contributed by atoms with Crippen molar-refractivity contribution >= 4 is 11.9 Å². The third-order valence-corrected chi connectivity index (χ3v) is 2.80. The first-order valence-electron chi connectivity index (χ1n) is 5.57. The molecule has 0 saturated carbocycles. The number of aliphatic carboxylic acids is 1. The number of carboxylic acids is 1. The number of carboxylic acid groups (broad SMARTS) is 1. The van der Waals surface area contributed by atoms with Crippen molar-refractivity contribution in [2.75, 3.05) is 26.2 Å². The van der Waals surface area contributed by atoms with Crippen molar-refractivity contribution in [2.45, 2.75) is 19.0 Å². The number of halogens is 3. The van der Waals surface area contributed by atoms with Crippen LogP contribution in [0.25, 0.3) is 0 Å². The zero-order valence-electron chi connectivity index (χ0n) is 9.66. The van der Waals surface area contributed by atoms with Crippen LogP contribution >= 0.6 is 0 Å². The molecule has 1 rings (SSSR count). The Morgan fingerprint density at radius 1 is 1.28 bits per heavy atom. The van der Waals surface area contributed by atoms with E-state index in [1.54, 1.807) is 0 Å². The zero-order valence-corrected chi connectivity index (χ0v) is 9.66. The molecule has 1 fully saturated rings. The van der Waals surface area contributed by atoms with Crippen LogP contribution in [0.1, 0.15) is 12.8 Å². The molecule has 0 spiro atoms. The highest BCUT2D eigenvalue weighted by molar-refractivity contribution is 5.78. The lowest BCUT2D eigenvalue weighted by atomic mass is 9.97. The molecule has 1 aliphatic rings. The predicted molar refractivity (Wildman–Crippen MR) is 55.9 cm³/mol. The molecule has 104 valence electrons. The van der Waals surface area contributed by atoms with Gasteiger partial charge in [-0.15, -0.1) is 0 Å². The monoisotopic (exact) mass is 268 g/mol. The standard InChI is InChI=1S/C10H15F3N2O3/c11-10(12,13)6-14-5-8(16)15-3-1-7(2-4-15)9(17)18/h7,14H,1-6H2,(H,17,18). The van der Waals surface area contributed by atoms with Crippen LogP contribution in [0.3, 0.4) is 0 Å². The van der Waals surface area contributed by atoms with Crippen molar-refractivity contribution in [3.8, 4) is 0 Å². The lowest BCUT2D eigenvalue weighted by Gasteiger charge is -2.30. The van der Waals surface area contributed by atoms with E-state index in [1.807, 2.05) is 5.32 Å². The summed E-state index contributed by atoms with van der Waals surface area (Å²) in [4.78, 5) is 23.6. The van der Waals surface area contributed by atoms with E-state index in [0.717, 1.165) is 0 Å². The molecule has 1 saturated heterocycles. The summed E-state index contributed by atoms with van der Waals surface area (Å²) in [5.74, 6) is -1.78. The number of alkyl halides is 3. The second-order valence-electron chi connectivity index (χ2n) is 4.21. The van der Waals surface area contributed by atoms with E-state index in [0.29, 0.717) is 12.8 Å². The summed E-state index contributed by atoms with van der Waals surface area (Å²) in [5.41, 5.74) is 0. The maximum atomic E-state index is 11.8. The second-order valence-corrected chi connectivity index (χ2v) is 4.21. The van der Waals surface area contributed by atoms with Gasteiger partial charge in [0.25, 0.3) is 0 Å². The Bertz CT molecular complexity index is 312. The van der Waals surface area contributed by atoms with Crippen molar-refractivity contribution in [2.24, 2.45) is 5.92 Å². The molecule has 0 bridgehead atoms. The van der Waals surface area contributed by atoms with E-state index in [2.05, 4.69) is 0 Å². The molecule has 0 radical (unpaired) electrons. The van der Waals surface area contributed by atoms with Gasteiger partial charge in [0, 0.05) is 13.1 Å². The van der Waals surface area contributed by atoms with Crippen LogP contribution in [0.15, 0.2) is 0 Å². The minimum Gasteiger partial charge on any atom is -0.481 e. The fourth-order valence-corrected chi connectivity index (χ4v) is 1.80. The lowest BCUT2D eigenvalue weighted by Crippen LogP contribution is -2.45. The largest absolute Gasteiger partial charge is 0.481 e. The highest BCUT2D eigenvalue weighted by Gasteiger charge is 2.29. The van der Waals surface area contributed by atoms with Gasteiger partial charge >= 0.3 is 12.1 Å². The van der Waals surface area contributed by atoms with Crippen LogP contribution in [0.2, 0.25) is 0 Å². The summed E-state index contributed by atoms with van der Waals surface area (Å²) in [6.07, 6.45) is -3.64. The average molecular weight is 268 g/mol. The van der Waals surface area contributed by atoms with Crippen molar-refractivity contribution < 1.29 is 27.9 Å². The Kier molecular flexibility index (Phi) is 4.94. The normalized spacial score (nSPS) is 17.8. The van der Waals surface area contributed by atoms with Gasteiger partial charge in [-0.3, -0.25) is 9.59 Å². The number of hydrogen-bond donors (Lipinski definition) is 2. The van der Waals surface area contributed by atoms with Gasteiger partial charge < -0.3 is 15.3 Å². The Morgan fingerprint density at radius 3 is 2.28 bits per heavy atom. The number of hydrogen-bond acceptors (Lipinski definition) is 3. The number of likely N-dealkylation sites (tertiary alicyclic amines) is 1. The summed E-state index contributed by atoms with van der Waals surface area (Å²) in [5, 5.41) is 10.8. The number of carbonyl (C=O) groups excluding carboxylic acids is 1. The van der Waals surface area contributed by atoms with Crippen LogP contribution in [-0.2, 0) is 9.59 Å². The average Bonchev–Trinajstić information content (AvgIpc) is 2.27. The topological polar surface area (TPSA) is 69.6 Å². The minimum atomic E-state index is -4.34. The number of piperidine rings is 1. The molecule has 1 amide bonds. The Morgan fingerprint density at radius 2 is 1.83 bits per heavy atom. The first-order chi connectivity index (χ1) is 8.29. The number of amides is 1. The molecular weight excluding hydrogens is 253 g/mol. The summed E-state index contributed by atoms with van der Waals surface area (Å²) >= 11 is 0. The van der Waals surface area contributed by atoms with Gasteiger partial charge in [-0.2, -0.15) is 13.2 Å². The maximum absolute atomic E-state index is 11.8. The van der Waals surface area contributed by atoms with Gasteiger partial charge in [-0.25, -0.2) is 0 Å². The SMILES string of the molecule is O=C(O)C1CCN(C(=O)CNCC(F)(F)F)CC1. The molecule has 0 aromatic rings. The van der Waals surface area contributed by atoms with E-state index in [4.69, 9.17) is 5.11 Å². The zero-order chi connectivity index (χ0) is 13.8. The van der Waals surface area contributed by atoms with Crippen molar-refractivity contribution in [1.82, 2.24) is 10.2 Å². The van der Waals surface area contributed by atoms with Gasteiger partial charge in [0.05, 0.1) is 19.0 Å². The Labute approximate surface area is 102 Å². The van der Waals surface area contributed by atoms with Crippen LogP contribution < -0.4 is 5.32 Å². The molecule has 8 heteroatoms. The Balaban J connectivity index is 2.26. The van der Waals surface area contributed by atoms with Crippen LogP contribution in [0.5, 0.6) is 0 Å². The highest BCUT2D eigenvalue weighted by atomic mass is 19.4. The van der Waals surface area contributed by atoms with E-state index in [1.165, 1.54) is 4.90 Å². The van der Waals surface area contributed by atoms with Crippen molar-refractivity contribution in [3.05, 3.63) is 0 Å². The van der Waals surface area contributed by atoms with E-state index in [-0.39, 0.29) is 19.6 Å². The fourth-order valence-electron chi connectivity index (χ4n) is 1.80. The first kappa shape index (κ1) is 14.7. The summed E-state index contributed by atoms with van der Waals surface area (Å²) in [6, 6.07) is 0. The number of rotatable bonds is 4. The van der Waals surface area contributed by atoms with Crippen LogP contribution in [-0.4, -0.2) is 54.2 Å². The number of carbonyl (C=O) groups is 2. The summed E-state index contributed by atoms with van der Waals surface area (Å²) in [7, 11) is 0. The van der Waals surface area contributed by atoms with Crippen LogP contribution in [0.4, 0.5) is 13.2 Å². The van der Waals surface area contributed by atoms with E-state index < -0.39 is 30.5 Å². The smallest absolute Gasteiger partial charge is 0.401 e. The maximum Gasteiger partial charge on any atom is 0.401 e. The molecule has 5 nitrogen and oxygen atoms in total. The van der Waals surface area contributed by atoms with Crippen LogP contribution in [0, 0.1) is 5.92 Å². The van der Waals surface area contributed by atoms with Gasteiger partial charge in [0.2, 0.25) is 5.91 Å². The number of nitrogens with one attached hydrogen (secondary N) is 1. The molecule has 0 atom stereocenters. The van der Waals surface area contributed by atoms with Gasteiger partial charge in [0.15, 0.2) is 0 Å². The quantitative estimate of drug-likeness (QED) is 0.777. The minimum absolute atomic E-state index is 0.281. The molecular formula is C10H15F3N2O3. The molecule has 0 unspecified atom stereocenters. The van der Waals surface area contributed by atoms with Gasteiger partial charge in [0.1, 0.15) is 0 Å². The van der Waals surface area contributed by atoms with Crippen molar-refractivity contribution in [1.29, 1.82) is 0 Å². The van der Waals surface area contributed by atoms with E-state index >= 15 is 0 Å². The molecule has 18 heavy (non-hydrogen) atoms. The molecule has 0 aromatic carbocycles. The molecule has 0 aromatic heterocycles. The molecule has 1 heterocycles. The third-order valence-electron chi connectivity index (χ3n) is 2.80. The summed E-state index contributed by atoms with van der Waals surface area (Å²) < 4.78 is 35.5. The molecule has 2 N–H and O–H groups in total. The number of nitrogens with zero attached hydrogens (tertiary/aromatic N) is 1. The predicted octanol–water partition coefficient (Wildman–Crippen LogP) is 0.461. The second kappa shape index (κ2) is 6.03. The fraction of sp³-hybridized carbons (Fsp3) is 0.800. The molecule has 0 aliphatic carbocycles. The highest BCUT2D eigenvalue weighted by Crippen LogP contribution is 2.17. The van der Waals surface area contributed by atoms with Gasteiger partial charge in [-0.05, 0) is 12.8 Å². The first-order valence-corrected chi connectivity index (χ1v) is 5.57. The van der Waals surface area contributed by atoms with Gasteiger partial charge in [-0.1, -0.05) is 0 Å². The lowest BCUT2D eigenvalue weighted by molar-refractivity contribution is -0.146. The van der Waals surface area contributed by atoms with Crippen molar-refractivity contribution in [3.63, 3.8) is 0 Å². The Hall–Kier alpha value is -1.31. The third kappa shape index (κ3) is 4.91.